The van der Waals surface area contributed by atoms with E-state index in [2.05, 4.69) is 0 Å². The van der Waals surface area contributed by atoms with Gasteiger partial charge in [0, 0.05) is 0 Å². The summed E-state index contributed by atoms with van der Waals surface area (Å²) in [5, 5.41) is 0. The summed E-state index contributed by atoms with van der Waals surface area (Å²) < 4.78 is 17.3. The van der Waals surface area contributed by atoms with Crippen molar-refractivity contribution in [3.8, 4) is 0 Å². The van der Waals surface area contributed by atoms with Crippen LogP contribution in [0.4, 0.5) is 0 Å². The van der Waals surface area contributed by atoms with Crippen molar-refractivity contribution in [2.75, 3.05) is 28.2 Å². The maximum atomic E-state index is 6.22. The van der Waals surface area contributed by atoms with Crippen molar-refractivity contribution in [2.45, 2.75) is 52.7 Å². The van der Waals surface area contributed by atoms with Crippen LogP contribution in [0, 0.1) is 0 Å². The Hall–Kier alpha value is 0.308. The molecule has 0 aromatic rings. The molecule has 0 unspecified atom stereocenters. The molecule has 0 aliphatic rings. The molecule has 0 aromatic heterocycles. The summed E-state index contributed by atoms with van der Waals surface area (Å²) in [6.07, 6.45) is 0. The first kappa shape index (κ1) is 20.3. The van der Waals surface area contributed by atoms with Crippen molar-refractivity contribution >= 4 is 11.5 Å². The molecule has 0 amide bonds. The molecule has 0 saturated carbocycles. The Bertz CT molecular complexity index is 365. The third-order valence-corrected chi connectivity index (χ3v) is 6.26. The molecule has 0 fully saturated rings. The number of nitrogens with zero attached hydrogens (tertiary/aromatic N) is 3. The first-order valence-electron chi connectivity index (χ1n) is 6.62. The molecule has 5 nitrogen and oxygen atoms in total. The van der Waals surface area contributed by atoms with Crippen LogP contribution in [0.2, 0.25) is 0 Å². The van der Waals surface area contributed by atoms with E-state index in [-0.39, 0.29) is 11.2 Å². The second-order valence-electron chi connectivity index (χ2n) is 7.06. The molecular formula is C13H30N3O2PW. The molecule has 20 heavy (non-hydrogen) atoms. The van der Waals surface area contributed by atoms with E-state index in [4.69, 9.17) is 13.8 Å². The van der Waals surface area contributed by atoms with Gasteiger partial charge in [0.1, 0.15) is 0 Å². The predicted octanol–water partition coefficient (Wildman–Crippen LogP) is 3.32. The minimum absolute atomic E-state index is 0.284. The third-order valence-electron chi connectivity index (χ3n) is 1.79. The van der Waals surface area contributed by atoms with Gasteiger partial charge in [0.2, 0.25) is 0 Å². The van der Waals surface area contributed by atoms with Crippen LogP contribution < -0.4 is 0 Å². The molecule has 0 atom stereocenters. The van der Waals surface area contributed by atoms with Crippen LogP contribution in [0.1, 0.15) is 41.5 Å². The zero-order valence-electron chi connectivity index (χ0n) is 14.5. The van der Waals surface area contributed by atoms with E-state index < -0.39 is 5.50 Å². The molecule has 0 aliphatic heterocycles. The van der Waals surface area contributed by atoms with Gasteiger partial charge in [0.15, 0.2) is 0 Å². The zero-order chi connectivity index (χ0) is 16.4. The summed E-state index contributed by atoms with van der Waals surface area (Å²) in [5.41, 5.74) is -2.86. The molecule has 0 bridgehead atoms. The van der Waals surface area contributed by atoms with Gasteiger partial charge in [-0.3, -0.25) is 0 Å². The standard InChI is InChI=1S/C13H30N3O2P.W/c1-12(2,3)17-19(18-13(4,5)6)14-11(15(7)8)16(9)10;/h1-10H3;. The molecule has 120 valence electrons. The van der Waals surface area contributed by atoms with E-state index in [0.29, 0.717) is 0 Å². The quantitative estimate of drug-likeness (QED) is 0.357. The Morgan fingerprint density at radius 2 is 1.15 bits per heavy atom. The molecule has 0 heterocycles. The molecule has 0 saturated heterocycles. The van der Waals surface area contributed by atoms with E-state index in [9.17, 15) is 0 Å². The Balaban J connectivity index is 5.64. The van der Waals surface area contributed by atoms with Crippen molar-refractivity contribution in [3.63, 3.8) is 0 Å². The Morgan fingerprint density at radius 3 is 1.35 bits per heavy atom. The van der Waals surface area contributed by atoms with E-state index in [1.807, 2.05) is 79.5 Å². The number of guanidine groups is 1. The van der Waals surface area contributed by atoms with Crippen LogP contribution in [0.25, 0.3) is 0 Å². The molecule has 7 heteroatoms. The van der Waals surface area contributed by atoms with Crippen molar-refractivity contribution in [3.05, 3.63) is 0 Å². The topological polar surface area (TPSA) is 37.3 Å². The first-order chi connectivity index (χ1) is 8.65. The van der Waals surface area contributed by atoms with Gasteiger partial charge in [0.25, 0.3) is 0 Å². The van der Waals surface area contributed by atoms with Crippen LogP contribution in [0.15, 0.2) is 4.76 Å². The predicted molar refractivity (Wildman–Crippen MR) is 83.4 cm³/mol. The van der Waals surface area contributed by atoms with Gasteiger partial charge in [-0.2, -0.15) is 0 Å². The zero-order valence-corrected chi connectivity index (χ0v) is 18.3. The number of hydrogen-bond acceptors (Lipinski definition) is 3. The normalized spacial score (nSPS) is 13.1. The Kier molecular flexibility index (Phi) is 7.15. The third kappa shape index (κ3) is 8.56. The van der Waals surface area contributed by atoms with E-state index in [0.717, 1.165) is 5.96 Å². The SMILES string of the molecule is CN(C)C(=N[P](=[W])(OC(C)(C)C)OC(C)(C)C)N(C)C. The monoisotopic (exact) mass is 475 g/mol. The van der Waals surface area contributed by atoms with E-state index >= 15 is 0 Å². The second kappa shape index (κ2) is 7.05. The Labute approximate surface area is 135 Å². The van der Waals surface area contributed by atoms with Gasteiger partial charge in [-0.1, -0.05) is 0 Å². The molecule has 0 N–H and O–H groups in total. The van der Waals surface area contributed by atoms with Crippen LogP contribution >= 0.6 is 5.50 Å². The van der Waals surface area contributed by atoms with Gasteiger partial charge in [-0.25, -0.2) is 0 Å². The maximum absolute atomic E-state index is 6.22. The summed E-state index contributed by atoms with van der Waals surface area (Å²) in [6.45, 7) is 12.2. The van der Waals surface area contributed by atoms with Crippen LogP contribution in [0.5, 0.6) is 0 Å². The van der Waals surface area contributed by atoms with Crippen molar-refractivity contribution in [1.29, 1.82) is 0 Å². The van der Waals surface area contributed by atoms with Gasteiger partial charge in [-0.05, 0) is 0 Å². The second-order valence-corrected chi connectivity index (χ2v) is 13.5. The van der Waals surface area contributed by atoms with Crippen LogP contribution in [-0.4, -0.2) is 55.2 Å². The fraction of sp³-hybridized carbons (Fsp3) is 0.923. The molecule has 0 aliphatic carbocycles. The van der Waals surface area contributed by atoms with E-state index in [1.54, 1.807) is 0 Å². The first-order valence-corrected chi connectivity index (χ1v) is 12.0. The van der Waals surface area contributed by atoms with Gasteiger partial charge in [-0.15, -0.1) is 0 Å². The van der Waals surface area contributed by atoms with Crippen molar-refractivity contribution in [1.82, 2.24) is 9.80 Å². The van der Waals surface area contributed by atoms with Gasteiger partial charge < -0.3 is 0 Å². The number of rotatable bonds is 3. The average Bonchev–Trinajstić information content (AvgIpc) is 2.06. The Morgan fingerprint density at radius 1 is 0.850 bits per heavy atom. The van der Waals surface area contributed by atoms with Gasteiger partial charge in [0.05, 0.1) is 0 Å². The minimum atomic E-state index is -2.29. The molecule has 0 radical (unpaired) electrons. The van der Waals surface area contributed by atoms with Gasteiger partial charge >= 0.3 is 135 Å². The fourth-order valence-electron chi connectivity index (χ4n) is 1.44. The van der Waals surface area contributed by atoms with Crippen LogP contribution in [0.3, 0.4) is 0 Å². The van der Waals surface area contributed by atoms with Crippen molar-refractivity contribution < 1.29 is 27.9 Å². The summed E-state index contributed by atoms with van der Waals surface area (Å²) in [4.78, 5) is 3.96. The number of hydrogen-bond donors (Lipinski definition) is 0. The average molecular weight is 475 g/mol. The summed E-state index contributed by atoms with van der Waals surface area (Å²) in [6, 6.07) is 0. The van der Waals surface area contributed by atoms with Crippen molar-refractivity contribution in [2.24, 2.45) is 4.76 Å². The summed E-state index contributed by atoms with van der Waals surface area (Å²) in [7, 11) is 7.92. The van der Waals surface area contributed by atoms with E-state index in [1.165, 1.54) is 18.8 Å². The molecule has 0 rings (SSSR count). The summed E-state index contributed by atoms with van der Waals surface area (Å²) in [5.74, 6) is 0.863. The molecule has 0 aromatic carbocycles. The molecular weight excluding hydrogens is 445 g/mol. The molecule has 0 spiro atoms. The van der Waals surface area contributed by atoms with Crippen LogP contribution in [-0.2, 0) is 27.9 Å². The summed E-state index contributed by atoms with van der Waals surface area (Å²) >= 11 is 1.23. The fourth-order valence-corrected chi connectivity index (χ4v) is 9.13.